The molecule has 2 fully saturated rings. The van der Waals surface area contributed by atoms with Crippen molar-refractivity contribution in [2.75, 3.05) is 33.2 Å². The van der Waals surface area contributed by atoms with Gasteiger partial charge >= 0.3 is 0 Å². The number of amides is 2. The molecule has 134 valence electrons. The van der Waals surface area contributed by atoms with Gasteiger partial charge in [0.05, 0.1) is 6.54 Å². The lowest BCUT2D eigenvalue weighted by Crippen LogP contribution is -2.52. The first kappa shape index (κ1) is 17.0. The zero-order valence-electron chi connectivity index (χ0n) is 14.6. The lowest BCUT2D eigenvalue weighted by molar-refractivity contribution is -0.123. The molecule has 0 aromatic heterocycles. The van der Waals surface area contributed by atoms with E-state index in [2.05, 4.69) is 39.3 Å². The lowest BCUT2D eigenvalue weighted by atomic mass is 9.86. The fourth-order valence-corrected chi connectivity index (χ4v) is 4.63. The van der Waals surface area contributed by atoms with E-state index in [1.54, 1.807) is 4.90 Å². The first-order valence-corrected chi connectivity index (χ1v) is 9.83. The Kier molecular flexibility index (Phi) is 4.36. The zero-order chi connectivity index (χ0) is 17.6. The van der Waals surface area contributed by atoms with Crippen molar-refractivity contribution in [2.24, 2.45) is 0 Å². The number of nitrogens with one attached hydrogen (secondary N) is 1. The number of likely N-dealkylation sites (tertiary alicyclic amines) is 1. The molecule has 3 aliphatic rings. The van der Waals surface area contributed by atoms with Crippen LogP contribution < -0.4 is 5.32 Å². The van der Waals surface area contributed by atoms with Crippen molar-refractivity contribution in [2.45, 2.75) is 37.1 Å². The van der Waals surface area contributed by atoms with Gasteiger partial charge in [0.25, 0.3) is 5.91 Å². The van der Waals surface area contributed by atoms with Crippen molar-refractivity contribution < 1.29 is 9.59 Å². The van der Waals surface area contributed by atoms with Crippen LogP contribution in [-0.2, 0) is 10.2 Å². The lowest BCUT2D eigenvalue weighted by Gasteiger charge is -2.35. The number of halogens is 1. The fourth-order valence-electron chi connectivity index (χ4n) is 4.27. The molecular formula is C19H24BrN3O2. The van der Waals surface area contributed by atoms with Crippen LogP contribution in [0.3, 0.4) is 0 Å². The van der Waals surface area contributed by atoms with Crippen LogP contribution in [-0.4, -0.2) is 60.9 Å². The minimum absolute atomic E-state index is 0.0177. The fraction of sp³-hybridized carbons (Fsp3) is 0.579. The first-order chi connectivity index (χ1) is 12.0. The van der Waals surface area contributed by atoms with E-state index in [1.807, 2.05) is 12.1 Å². The monoisotopic (exact) mass is 405 g/mol. The molecule has 0 unspecified atom stereocenters. The maximum atomic E-state index is 12.8. The smallest absolute Gasteiger partial charge is 0.254 e. The Hall–Kier alpha value is -1.40. The number of hydrogen-bond donors (Lipinski definition) is 1. The zero-order valence-corrected chi connectivity index (χ0v) is 16.1. The molecule has 1 aromatic rings. The minimum Gasteiger partial charge on any atom is -0.351 e. The molecule has 1 aromatic carbocycles. The van der Waals surface area contributed by atoms with Crippen LogP contribution in [0.15, 0.2) is 22.7 Å². The number of nitrogens with zero attached hydrogens (tertiary/aromatic N) is 2. The molecule has 1 atom stereocenters. The number of carbonyl (C=O) groups excluding carboxylic acids is 2. The van der Waals surface area contributed by atoms with E-state index in [1.165, 1.54) is 0 Å². The van der Waals surface area contributed by atoms with Crippen molar-refractivity contribution in [3.05, 3.63) is 33.8 Å². The average Bonchev–Trinajstić information content (AvgIpc) is 3.33. The van der Waals surface area contributed by atoms with E-state index >= 15 is 0 Å². The van der Waals surface area contributed by atoms with Gasteiger partial charge in [0.2, 0.25) is 5.91 Å². The molecular weight excluding hydrogens is 382 g/mol. The molecule has 6 heteroatoms. The summed E-state index contributed by atoms with van der Waals surface area (Å²) in [4.78, 5) is 29.3. The van der Waals surface area contributed by atoms with Crippen molar-refractivity contribution in [1.29, 1.82) is 0 Å². The van der Waals surface area contributed by atoms with E-state index in [0.29, 0.717) is 6.54 Å². The summed E-state index contributed by atoms with van der Waals surface area (Å²) >= 11 is 3.51. The predicted molar refractivity (Wildman–Crippen MR) is 99.6 cm³/mol. The maximum absolute atomic E-state index is 12.8. The molecule has 5 nitrogen and oxygen atoms in total. The third kappa shape index (κ3) is 3.34. The van der Waals surface area contributed by atoms with Gasteiger partial charge in [-0.2, -0.15) is 0 Å². The highest BCUT2D eigenvalue weighted by Crippen LogP contribution is 2.52. The van der Waals surface area contributed by atoms with Crippen molar-refractivity contribution in [3.8, 4) is 0 Å². The number of benzene rings is 1. The minimum atomic E-state index is -0.0370. The molecule has 2 amide bonds. The molecule has 25 heavy (non-hydrogen) atoms. The van der Waals surface area contributed by atoms with E-state index in [0.717, 1.165) is 54.4 Å². The molecule has 1 saturated heterocycles. The Morgan fingerprint density at radius 1 is 1.40 bits per heavy atom. The average molecular weight is 406 g/mol. The molecule has 1 N–H and O–H groups in total. The second-order valence-corrected chi connectivity index (χ2v) is 8.72. The highest BCUT2D eigenvalue weighted by Gasteiger charge is 2.51. The summed E-state index contributed by atoms with van der Waals surface area (Å²) in [5.74, 6) is -0.0547. The van der Waals surface area contributed by atoms with Gasteiger partial charge in [0.1, 0.15) is 0 Å². The van der Waals surface area contributed by atoms with E-state index in [-0.39, 0.29) is 29.8 Å². The molecule has 4 rings (SSSR count). The highest BCUT2D eigenvalue weighted by atomic mass is 79.9. The maximum Gasteiger partial charge on any atom is 0.254 e. The van der Waals surface area contributed by atoms with Gasteiger partial charge in [0, 0.05) is 34.6 Å². The van der Waals surface area contributed by atoms with Crippen LogP contribution in [0.4, 0.5) is 0 Å². The second-order valence-electron chi connectivity index (χ2n) is 7.80. The van der Waals surface area contributed by atoms with Crippen molar-refractivity contribution in [1.82, 2.24) is 15.1 Å². The Balaban J connectivity index is 1.46. The summed E-state index contributed by atoms with van der Waals surface area (Å²) in [7, 11) is 2.08. The number of piperidine rings is 1. The molecule has 0 bridgehead atoms. The molecule has 0 radical (unpaired) electrons. The van der Waals surface area contributed by atoms with Crippen LogP contribution in [0.25, 0.3) is 0 Å². The summed E-state index contributed by atoms with van der Waals surface area (Å²) in [5, 5.41) is 3.12. The number of carbonyl (C=O) groups is 2. The molecule has 2 heterocycles. The Morgan fingerprint density at radius 2 is 2.20 bits per heavy atom. The van der Waals surface area contributed by atoms with Crippen LogP contribution in [0.1, 0.15) is 41.6 Å². The SMILES string of the molecule is CN1CCC[C@@H](NC(=O)CN2CC3(CC3)c3cc(Br)ccc3C2=O)C1. The Morgan fingerprint density at radius 3 is 2.92 bits per heavy atom. The summed E-state index contributed by atoms with van der Waals surface area (Å²) in [5.41, 5.74) is 1.98. The van der Waals surface area contributed by atoms with Crippen LogP contribution in [0.2, 0.25) is 0 Å². The van der Waals surface area contributed by atoms with Gasteiger partial charge in [-0.25, -0.2) is 0 Å². The van der Waals surface area contributed by atoms with Gasteiger partial charge in [-0.1, -0.05) is 15.9 Å². The van der Waals surface area contributed by atoms with Gasteiger partial charge in [-0.15, -0.1) is 0 Å². The summed E-state index contributed by atoms with van der Waals surface area (Å²) in [6.45, 7) is 2.80. The Labute approximate surface area is 156 Å². The highest BCUT2D eigenvalue weighted by molar-refractivity contribution is 9.10. The van der Waals surface area contributed by atoms with Crippen LogP contribution in [0, 0.1) is 0 Å². The topological polar surface area (TPSA) is 52.7 Å². The van der Waals surface area contributed by atoms with Gasteiger partial charge in [0.15, 0.2) is 0 Å². The Bertz CT molecular complexity index is 717. The van der Waals surface area contributed by atoms with Gasteiger partial charge < -0.3 is 15.1 Å². The summed E-state index contributed by atoms with van der Waals surface area (Å²) in [6.07, 6.45) is 4.31. The normalized spacial score (nSPS) is 25.0. The standard InChI is InChI=1S/C19H24BrN3O2/c1-22-8-2-3-14(10-22)21-17(24)11-23-12-19(6-7-19)16-9-13(20)4-5-15(16)18(23)25/h4-5,9,14H,2-3,6-8,10-12H2,1H3,(H,21,24)/t14-/m1/s1. The second kappa shape index (κ2) is 6.40. The molecule has 2 aliphatic heterocycles. The number of likely N-dealkylation sites (N-methyl/N-ethyl adjacent to an activating group) is 1. The largest absolute Gasteiger partial charge is 0.351 e. The van der Waals surface area contributed by atoms with Gasteiger partial charge in [-0.05, 0) is 63.0 Å². The third-order valence-electron chi connectivity index (χ3n) is 5.74. The first-order valence-electron chi connectivity index (χ1n) is 9.04. The molecule has 1 saturated carbocycles. The van der Waals surface area contributed by atoms with Gasteiger partial charge in [-0.3, -0.25) is 9.59 Å². The third-order valence-corrected chi connectivity index (χ3v) is 6.23. The van der Waals surface area contributed by atoms with E-state index in [9.17, 15) is 9.59 Å². The summed E-state index contributed by atoms with van der Waals surface area (Å²) < 4.78 is 1.01. The van der Waals surface area contributed by atoms with Crippen LogP contribution >= 0.6 is 15.9 Å². The van der Waals surface area contributed by atoms with Crippen LogP contribution in [0.5, 0.6) is 0 Å². The van der Waals surface area contributed by atoms with Crippen molar-refractivity contribution >= 4 is 27.7 Å². The van der Waals surface area contributed by atoms with E-state index < -0.39 is 0 Å². The quantitative estimate of drug-likeness (QED) is 0.837. The van der Waals surface area contributed by atoms with Crippen molar-refractivity contribution in [3.63, 3.8) is 0 Å². The number of hydrogen-bond acceptors (Lipinski definition) is 3. The number of fused-ring (bicyclic) bond motifs is 2. The summed E-state index contributed by atoms with van der Waals surface area (Å²) in [6, 6.07) is 6.08. The van der Waals surface area contributed by atoms with E-state index in [4.69, 9.17) is 0 Å². The number of rotatable bonds is 3. The predicted octanol–water partition coefficient (Wildman–Crippen LogP) is 2.15. The molecule has 1 spiro atoms. The molecule has 1 aliphatic carbocycles.